The largest absolute Gasteiger partial charge is 0.336 e. The summed E-state index contributed by atoms with van der Waals surface area (Å²) in [5.41, 5.74) is 0.363. The first kappa shape index (κ1) is 12.8. The minimum absolute atomic E-state index is 0.00569. The SMILES string of the molecule is CCN1CCN(C(=O)c2ccc(=O)[nH]c2)CC1C. The van der Waals surface area contributed by atoms with Crippen molar-refractivity contribution < 1.29 is 4.79 Å². The van der Waals surface area contributed by atoms with Crippen LogP contribution in [0.4, 0.5) is 0 Å². The second kappa shape index (κ2) is 5.35. The van der Waals surface area contributed by atoms with Crippen molar-refractivity contribution in [3.63, 3.8) is 0 Å². The molecule has 0 spiro atoms. The van der Waals surface area contributed by atoms with Crippen LogP contribution in [0.5, 0.6) is 0 Å². The van der Waals surface area contributed by atoms with Gasteiger partial charge in [0.2, 0.25) is 5.56 Å². The van der Waals surface area contributed by atoms with Crippen LogP contribution in [-0.4, -0.2) is 52.9 Å². The minimum Gasteiger partial charge on any atom is -0.336 e. The summed E-state index contributed by atoms with van der Waals surface area (Å²) in [5, 5.41) is 0. The second-order valence-corrected chi connectivity index (χ2v) is 4.67. The van der Waals surface area contributed by atoms with Gasteiger partial charge in [-0.3, -0.25) is 14.5 Å². The molecule has 1 aromatic heterocycles. The van der Waals surface area contributed by atoms with E-state index in [1.165, 1.54) is 12.3 Å². The van der Waals surface area contributed by atoms with E-state index in [0.717, 1.165) is 26.2 Å². The molecule has 5 heteroatoms. The molecule has 1 amide bonds. The quantitative estimate of drug-likeness (QED) is 0.832. The Balaban J connectivity index is 2.06. The van der Waals surface area contributed by atoms with E-state index in [4.69, 9.17) is 0 Å². The highest BCUT2D eigenvalue weighted by atomic mass is 16.2. The topological polar surface area (TPSA) is 56.4 Å². The van der Waals surface area contributed by atoms with E-state index in [9.17, 15) is 9.59 Å². The van der Waals surface area contributed by atoms with Gasteiger partial charge in [-0.15, -0.1) is 0 Å². The summed E-state index contributed by atoms with van der Waals surface area (Å²) in [6.07, 6.45) is 1.49. The Hall–Kier alpha value is -1.62. The number of carbonyl (C=O) groups excluding carboxylic acids is 1. The van der Waals surface area contributed by atoms with Crippen molar-refractivity contribution in [1.82, 2.24) is 14.8 Å². The van der Waals surface area contributed by atoms with Gasteiger partial charge < -0.3 is 9.88 Å². The molecular weight excluding hydrogens is 230 g/mol. The van der Waals surface area contributed by atoms with Crippen molar-refractivity contribution in [2.75, 3.05) is 26.2 Å². The predicted octanol–water partition coefficient (Wildman–Crippen LogP) is 0.541. The molecule has 1 N–H and O–H groups in total. The van der Waals surface area contributed by atoms with E-state index in [1.54, 1.807) is 6.07 Å². The van der Waals surface area contributed by atoms with Gasteiger partial charge in [-0.1, -0.05) is 6.92 Å². The lowest BCUT2D eigenvalue weighted by molar-refractivity contribution is 0.0528. The Morgan fingerprint density at radius 2 is 2.22 bits per heavy atom. The number of piperazine rings is 1. The number of nitrogens with zero attached hydrogens (tertiary/aromatic N) is 2. The van der Waals surface area contributed by atoms with Crippen molar-refractivity contribution in [1.29, 1.82) is 0 Å². The molecule has 1 saturated heterocycles. The smallest absolute Gasteiger partial charge is 0.255 e. The van der Waals surface area contributed by atoms with Crippen LogP contribution >= 0.6 is 0 Å². The van der Waals surface area contributed by atoms with Crippen molar-refractivity contribution in [2.45, 2.75) is 19.9 Å². The maximum atomic E-state index is 12.2. The lowest BCUT2D eigenvalue weighted by Crippen LogP contribution is -2.53. The molecule has 0 bridgehead atoms. The van der Waals surface area contributed by atoms with Gasteiger partial charge in [0, 0.05) is 37.9 Å². The van der Waals surface area contributed by atoms with Crippen LogP contribution in [0.3, 0.4) is 0 Å². The Morgan fingerprint density at radius 1 is 1.44 bits per heavy atom. The Bertz CT molecular complexity index is 463. The van der Waals surface area contributed by atoms with E-state index in [0.29, 0.717) is 11.6 Å². The van der Waals surface area contributed by atoms with E-state index < -0.39 is 0 Å². The van der Waals surface area contributed by atoms with Gasteiger partial charge in [-0.25, -0.2) is 0 Å². The number of H-pyrrole nitrogens is 1. The van der Waals surface area contributed by atoms with Crippen LogP contribution in [0.25, 0.3) is 0 Å². The number of hydrogen-bond acceptors (Lipinski definition) is 3. The highest BCUT2D eigenvalue weighted by Crippen LogP contribution is 2.11. The molecule has 5 nitrogen and oxygen atoms in total. The van der Waals surface area contributed by atoms with Gasteiger partial charge in [0.05, 0.1) is 5.56 Å². The molecule has 0 aromatic carbocycles. The third-order valence-corrected chi connectivity index (χ3v) is 3.49. The zero-order chi connectivity index (χ0) is 13.1. The van der Waals surface area contributed by atoms with Gasteiger partial charge in [-0.05, 0) is 19.5 Å². The highest BCUT2D eigenvalue weighted by Gasteiger charge is 2.26. The van der Waals surface area contributed by atoms with Crippen LogP contribution in [0.15, 0.2) is 23.1 Å². The van der Waals surface area contributed by atoms with Gasteiger partial charge in [-0.2, -0.15) is 0 Å². The number of likely N-dealkylation sites (N-methyl/N-ethyl adjacent to an activating group) is 1. The molecule has 1 aliphatic rings. The molecule has 1 unspecified atom stereocenters. The first-order chi connectivity index (χ1) is 8.61. The van der Waals surface area contributed by atoms with Gasteiger partial charge in [0.25, 0.3) is 5.91 Å². The molecule has 0 radical (unpaired) electrons. The summed E-state index contributed by atoms with van der Waals surface area (Å²) < 4.78 is 0. The van der Waals surface area contributed by atoms with Crippen LogP contribution in [0, 0.1) is 0 Å². The van der Waals surface area contributed by atoms with E-state index in [-0.39, 0.29) is 11.5 Å². The standard InChI is InChI=1S/C13H19N3O2/c1-3-15-6-7-16(9-10(15)2)13(18)11-4-5-12(17)14-8-11/h4-5,8,10H,3,6-7,9H2,1-2H3,(H,14,17). The maximum Gasteiger partial charge on any atom is 0.255 e. The molecule has 18 heavy (non-hydrogen) atoms. The summed E-state index contributed by atoms with van der Waals surface area (Å²) in [6.45, 7) is 7.68. The Morgan fingerprint density at radius 3 is 2.78 bits per heavy atom. The molecule has 0 aliphatic carbocycles. The minimum atomic E-state index is -0.185. The third-order valence-electron chi connectivity index (χ3n) is 3.49. The molecule has 1 aromatic rings. The summed E-state index contributed by atoms with van der Waals surface area (Å²) in [6, 6.07) is 3.35. The molecule has 1 atom stereocenters. The fourth-order valence-corrected chi connectivity index (χ4v) is 2.38. The maximum absolute atomic E-state index is 12.2. The molecule has 2 rings (SSSR count). The Labute approximate surface area is 106 Å². The van der Waals surface area contributed by atoms with Gasteiger partial charge >= 0.3 is 0 Å². The molecule has 1 aliphatic heterocycles. The predicted molar refractivity (Wildman–Crippen MR) is 69.7 cm³/mol. The zero-order valence-electron chi connectivity index (χ0n) is 10.8. The number of hydrogen-bond donors (Lipinski definition) is 1. The van der Waals surface area contributed by atoms with Crippen molar-refractivity contribution in [3.8, 4) is 0 Å². The summed E-state index contributed by atoms with van der Waals surface area (Å²) in [7, 11) is 0. The first-order valence-electron chi connectivity index (χ1n) is 6.34. The fraction of sp³-hybridized carbons (Fsp3) is 0.538. The average Bonchev–Trinajstić information content (AvgIpc) is 2.38. The molecule has 2 heterocycles. The number of carbonyl (C=O) groups is 1. The van der Waals surface area contributed by atoms with Gasteiger partial charge in [0.15, 0.2) is 0 Å². The van der Waals surface area contributed by atoms with E-state index in [2.05, 4.69) is 23.7 Å². The normalized spacial score (nSPS) is 21.0. The van der Waals surface area contributed by atoms with Crippen molar-refractivity contribution in [3.05, 3.63) is 34.2 Å². The lowest BCUT2D eigenvalue weighted by Gasteiger charge is -2.39. The molecule has 98 valence electrons. The van der Waals surface area contributed by atoms with Crippen LogP contribution < -0.4 is 5.56 Å². The monoisotopic (exact) mass is 249 g/mol. The highest BCUT2D eigenvalue weighted by molar-refractivity contribution is 5.93. The van der Waals surface area contributed by atoms with Crippen molar-refractivity contribution >= 4 is 5.91 Å². The lowest BCUT2D eigenvalue weighted by atomic mass is 10.1. The number of aromatic amines is 1. The van der Waals surface area contributed by atoms with E-state index in [1.807, 2.05) is 4.90 Å². The third kappa shape index (κ3) is 2.61. The number of pyridine rings is 1. The zero-order valence-corrected chi connectivity index (χ0v) is 10.8. The van der Waals surface area contributed by atoms with Crippen LogP contribution in [-0.2, 0) is 0 Å². The summed E-state index contributed by atoms with van der Waals surface area (Å²) in [4.78, 5) is 30.0. The Kier molecular flexibility index (Phi) is 3.81. The second-order valence-electron chi connectivity index (χ2n) is 4.67. The fourth-order valence-electron chi connectivity index (χ4n) is 2.38. The number of amides is 1. The number of aromatic nitrogens is 1. The molecule has 1 fully saturated rings. The summed E-state index contributed by atoms with van der Waals surface area (Å²) >= 11 is 0. The number of nitrogens with one attached hydrogen (secondary N) is 1. The number of rotatable bonds is 2. The van der Waals surface area contributed by atoms with E-state index >= 15 is 0 Å². The molecule has 0 saturated carbocycles. The first-order valence-corrected chi connectivity index (χ1v) is 6.34. The van der Waals surface area contributed by atoms with Gasteiger partial charge in [0.1, 0.15) is 0 Å². The summed E-state index contributed by atoms with van der Waals surface area (Å²) in [5.74, 6) is -0.00569. The molecular formula is C13H19N3O2. The van der Waals surface area contributed by atoms with Crippen LogP contribution in [0.1, 0.15) is 24.2 Å². The average molecular weight is 249 g/mol. The van der Waals surface area contributed by atoms with Crippen LogP contribution in [0.2, 0.25) is 0 Å². The van der Waals surface area contributed by atoms with Crippen molar-refractivity contribution in [2.24, 2.45) is 0 Å².